The van der Waals surface area contributed by atoms with Gasteiger partial charge < -0.3 is 4.90 Å². The molecular weight excluding hydrogens is 416 g/mol. The van der Waals surface area contributed by atoms with E-state index in [9.17, 15) is 8.78 Å². The van der Waals surface area contributed by atoms with Gasteiger partial charge in [-0.1, -0.05) is 5.21 Å². The molecule has 0 radical (unpaired) electrons. The Morgan fingerprint density at radius 2 is 1.77 bits per heavy atom. The quantitative estimate of drug-likeness (QED) is 0.438. The lowest BCUT2D eigenvalue weighted by molar-refractivity contribution is 0.183. The minimum Gasteiger partial charge on any atom is -0.303 e. The van der Waals surface area contributed by atoms with E-state index in [1.807, 2.05) is 11.6 Å². The number of likely N-dealkylation sites (tertiary alicyclic amines) is 1. The first-order chi connectivity index (χ1) is 15.1. The molecule has 3 heterocycles. The maximum atomic E-state index is 13.4. The highest BCUT2D eigenvalue weighted by atomic mass is 32.1. The summed E-state index contributed by atoms with van der Waals surface area (Å²) in [4.78, 5) is 8.40. The lowest BCUT2D eigenvalue weighted by Crippen LogP contribution is -2.36. The van der Waals surface area contributed by atoms with Crippen molar-refractivity contribution in [1.29, 1.82) is 0 Å². The molecule has 1 saturated heterocycles. The zero-order chi connectivity index (χ0) is 21.4. The Kier molecular flexibility index (Phi) is 5.50. The van der Waals surface area contributed by atoms with Gasteiger partial charge in [0, 0.05) is 36.1 Å². The van der Waals surface area contributed by atoms with Crippen LogP contribution < -0.4 is 0 Å². The minimum atomic E-state index is -0.285. The first kappa shape index (κ1) is 20.2. The molecule has 0 atom stereocenters. The number of aryl methyl sites for hydroxylation is 1. The Morgan fingerprint density at radius 3 is 2.55 bits per heavy atom. The van der Waals surface area contributed by atoms with Crippen LogP contribution in [0.1, 0.15) is 28.8 Å². The Balaban J connectivity index is 1.22. The summed E-state index contributed by atoms with van der Waals surface area (Å²) in [7, 11) is 0. The number of nitrogens with zero attached hydrogens (tertiary/aromatic N) is 5. The number of aromatic nitrogens is 4. The van der Waals surface area contributed by atoms with Gasteiger partial charge in [-0.05, 0) is 62.6 Å². The van der Waals surface area contributed by atoms with E-state index in [4.69, 9.17) is 0 Å². The van der Waals surface area contributed by atoms with Crippen molar-refractivity contribution in [3.8, 4) is 11.3 Å². The summed E-state index contributed by atoms with van der Waals surface area (Å²) in [6.45, 7) is 4.95. The third-order valence-electron chi connectivity index (χ3n) is 5.91. The van der Waals surface area contributed by atoms with E-state index >= 15 is 0 Å². The van der Waals surface area contributed by atoms with E-state index in [0.717, 1.165) is 60.7 Å². The first-order valence-electron chi connectivity index (χ1n) is 10.5. The highest BCUT2D eigenvalue weighted by Crippen LogP contribution is 2.30. The molecule has 0 bridgehead atoms. The SMILES string of the molecule is Cc1nc(-c2ccc(F)cc2)c(CCN2CCC(n3nnc4cc(F)ccc43)CC2)s1. The van der Waals surface area contributed by atoms with Crippen molar-refractivity contribution >= 4 is 22.4 Å². The molecule has 0 amide bonds. The fourth-order valence-corrected chi connectivity index (χ4v) is 5.25. The van der Waals surface area contributed by atoms with Crippen molar-refractivity contribution in [2.75, 3.05) is 19.6 Å². The molecule has 4 aromatic rings. The predicted molar refractivity (Wildman–Crippen MR) is 118 cm³/mol. The summed E-state index contributed by atoms with van der Waals surface area (Å²) >= 11 is 1.72. The molecule has 0 saturated carbocycles. The van der Waals surface area contributed by atoms with Crippen molar-refractivity contribution < 1.29 is 8.78 Å². The van der Waals surface area contributed by atoms with Crippen molar-refractivity contribution in [2.45, 2.75) is 32.2 Å². The fourth-order valence-electron chi connectivity index (χ4n) is 4.30. The van der Waals surface area contributed by atoms with Crippen LogP contribution in [0, 0.1) is 18.6 Å². The molecule has 1 aliphatic rings. The molecule has 0 N–H and O–H groups in total. The fraction of sp³-hybridized carbons (Fsp3) is 0.348. The topological polar surface area (TPSA) is 46.8 Å². The molecule has 2 aromatic heterocycles. The van der Waals surface area contributed by atoms with Crippen LogP contribution in [0.25, 0.3) is 22.3 Å². The molecule has 5 nitrogen and oxygen atoms in total. The summed E-state index contributed by atoms with van der Waals surface area (Å²) in [6.07, 6.45) is 2.90. The van der Waals surface area contributed by atoms with Crippen LogP contribution in [-0.2, 0) is 6.42 Å². The average molecular weight is 440 g/mol. The van der Waals surface area contributed by atoms with E-state index in [1.54, 1.807) is 29.5 Å². The van der Waals surface area contributed by atoms with Crippen LogP contribution in [0.4, 0.5) is 8.78 Å². The standard InChI is InChI=1S/C23H23F2N5S/c1-15-26-23(16-2-4-17(24)5-3-16)22(31-15)10-13-29-11-8-19(9-12-29)30-21-7-6-18(25)14-20(21)27-28-30/h2-7,14,19H,8-13H2,1H3. The van der Waals surface area contributed by atoms with E-state index in [-0.39, 0.29) is 17.7 Å². The summed E-state index contributed by atoms with van der Waals surface area (Å²) in [5.74, 6) is -0.516. The van der Waals surface area contributed by atoms with Gasteiger partial charge in [-0.25, -0.2) is 18.4 Å². The smallest absolute Gasteiger partial charge is 0.125 e. The van der Waals surface area contributed by atoms with Gasteiger partial charge in [0.1, 0.15) is 17.2 Å². The molecule has 5 rings (SSSR count). The first-order valence-corrected chi connectivity index (χ1v) is 11.3. The minimum absolute atomic E-state index is 0.231. The molecule has 1 aliphatic heterocycles. The van der Waals surface area contributed by atoms with Crippen LogP contribution in [0.2, 0.25) is 0 Å². The normalized spacial score (nSPS) is 15.7. The van der Waals surface area contributed by atoms with Crippen molar-refractivity contribution in [3.63, 3.8) is 0 Å². The Hall–Kier alpha value is -2.71. The van der Waals surface area contributed by atoms with Gasteiger partial charge >= 0.3 is 0 Å². The lowest BCUT2D eigenvalue weighted by atomic mass is 10.0. The number of hydrogen-bond donors (Lipinski definition) is 0. The lowest BCUT2D eigenvalue weighted by Gasteiger charge is -2.32. The van der Waals surface area contributed by atoms with Crippen LogP contribution in [0.3, 0.4) is 0 Å². The number of piperidine rings is 1. The third kappa shape index (κ3) is 4.22. The second-order valence-electron chi connectivity index (χ2n) is 8.00. The molecule has 2 aromatic carbocycles. The number of hydrogen-bond acceptors (Lipinski definition) is 5. The van der Waals surface area contributed by atoms with Crippen LogP contribution in [0.15, 0.2) is 42.5 Å². The van der Waals surface area contributed by atoms with Gasteiger partial charge in [0.25, 0.3) is 0 Å². The molecule has 31 heavy (non-hydrogen) atoms. The highest BCUT2D eigenvalue weighted by molar-refractivity contribution is 7.12. The van der Waals surface area contributed by atoms with Gasteiger partial charge in [0.15, 0.2) is 0 Å². The molecular formula is C23H23F2N5S. The average Bonchev–Trinajstić information content (AvgIpc) is 3.36. The second kappa shape index (κ2) is 8.43. The van der Waals surface area contributed by atoms with Crippen LogP contribution >= 0.6 is 11.3 Å². The zero-order valence-corrected chi connectivity index (χ0v) is 18.1. The predicted octanol–water partition coefficient (Wildman–Crippen LogP) is 5.02. The number of thiazole rings is 1. The van der Waals surface area contributed by atoms with E-state index < -0.39 is 0 Å². The third-order valence-corrected chi connectivity index (χ3v) is 6.94. The van der Waals surface area contributed by atoms with Crippen molar-refractivity contribution in [1.82, 2.24) is 24.9 Å². The number of halogens is 2. The van der Waals surface area contributed by atoms with Gasteiger partial charge in [-0.15, -0.1) is 16.4 Å². The largest absolute Gasteiger partial charge is 0.303 e. The summed E-state index contributed by atoms with van der Waals surface area (Å²) in [5.41, 5.74) is 3.44. The molecule has 8 heteroatoms. The monoisotopic (exact) mass is 439 g/mol. The molecule has 0 aliphatic carbocycles. The van der Waals surface area contributed by atoms with Gasteiger partial charge in [0.2, 0.25) is 0 Å². The number of benzene rings is 2. The van der Waals surface area contributed by atoms with Crippen molar-refractivity contribution in [2.24, 2.45) is 0 Å². The van der Waals surface area contributed by atoms with Crippen LogP contribution in [-0.4, -0.2) is 44.5 Å². The van der Waals surface area contributed by atoms with Gasteiger partial charge in [-0.2, -0.15) is 0 Å². The molecule has 0 spiro atoms. The van der Waals surface area contributed by atoms with Crippen LogP contribution in [0.5, 0.6) is 0 Å². The zero-order valence-electron chi connectivity index (χ0n) is 17.3. The summed E-state index contributed by atoms with van der Waals surface area (Å²) in [5, 5.41) is 9.44. The Labute approximate surface area is 183 Å². The van der Waals surface area contributed by atoms with Gasteiger partial charge in [0.05, 0.1) is 22.3 Å². The number of rotatable bonds is 5. The molecule has 0 unspecified atom stereocenters. The second-order valence-corrected chi connectivity index (χ2v) is 9.29. The maximum absolute atomic E-state index is 13.4. The molecule has 160 valence electrons. The van der Waals surface area contributed by atoms with Crippen molar-refractivity contribution in [3.05, 3.63) is 64.0 Å². The van der Waals surface area contributed by atoms with E-state index in [2.05, 4.69) is 20.2 Å². The number of fused-ring (bicyclic) bond motifs is 1. The van der Waals surface area contributed by atoms with Gasteiger partial charge in [-0.3, -0.25) is 0 Å². The summed E-state index contributed by atoms with van der Waals surface area (Å²) < 4.78 is 28.7. The van der Waals surface area contributed by atoms with E-state index in [0.29, 0.717) is 5.52 Å². The van der Waals surface area contributed by atoms with E-state index in [1.165, 1.54) is 29.1 Å². The molecule has 1 fully saturated rings. The highest BCUT2D eigenvalue weighted by Gasteiger charge is 2.23. The maximum Gasteiger partial charge on any atom is 0.125 e. The summed E-state index contributed by atoms with van der Waals surface area (Å²) in [6, 6.07) is 11.5. The Morgan fingerprint density at radius 1 is 1.03 bits per heavy atom. The Bertz CT molecular complexity index is 1190.